The number of aryl methyl sites for hydroxylation is 2. The Kier molecular flexibility index (Phi) is 12.2. The molecule has 0 saturated carbocycles. The quantitative estimate of drug-likeness (QED) is 0.0559. The van der Waals surface area contributed by atoms with Gasteiger partial charge < -0.3 is 27.7 Å². The third-order valence-corrected chi connectivity index (χ3v) is 9.39. The van der Waals surface area contributed by atoms with Gasteiger partial charge in [0.1, 0.15) is 11.4 Å². The number of nitrogens with zero attached hydrogens (tertiary/aromatic N) is 2. The second-order valence-corrected chi connectivity index (χ2v) is 12.5. The molecule has 0 aliphatic carbocycles. The molecule has 10 nitrogen and oxygen atoms in total. The molecule has 12 heteroatoms. The van der Waals surface area contributed by atoms with E-state index >= 15 is 0 Å². The van der Waals surface area contributed by atoms with E-state index in [1.807, 2.05) is 38.1 Å². The highest BCUT2D eigenvalue weighted by molar-refractivity contribution is 7.99. The number of hydrogen-bond donors (Lipinski definition) is 0. The highest BCUT2D eigenvalue weighted by Crippen LogP contribution is 2.37. The van der Waals surface area contributed by atoms with Gasteiger partial charge in [0, 0.05) is 12.4 Å². The third-order valence-electron chi connectivity index (χ3n) is 7.03. The summed E-state index contributed by atoms with van der Waals surface area (Å²) in [5, 5.41) is 0. The van der Waals surface area contributed by atoms with Crippen LogP contribution in [-0.2, 0) is 18.9 Å². The Morgan fingerprint density at radius 3 is 1.28 bits per heavy atom. The zero-order valence-corrected chi connectivity index (χ0v) is 28.7. The first kappa shape index (κ1) is 35.0. The molecule has 0 N–H and O–H groups in total. The van der Waals surface area contributed by atoms with E-state index in [2.05, 4.69) is 0 Å². The standard InChI is InChI=1S/C34H40N2O8S2/c1-7-41-31(37)25-23-19-21(5)13-15-35(23)27(33(39)43-9-3)29(25)45-17-11-12-18-46-30-26(32(38)42-8-2)24-20-22(6)14-16-36(24)28(30)34(40)44-10-4/h13-16,19-20H,7-12,17-18H2,1-6H3. The fraction of sp³-hybridized carbons (Fsp3) is 0.412. The first-order chi connectivity index (χ1) is 22.2. The maximum Gasteiger partial charge on any atom is 0.356 e. The van der Waals surface area contributed by atoms with E-state index in [1.54, 1.807) is 48.9 Å². The molecule has 46 heavy (non-hydrogen) atoms. The summed E-state index contributed by atoms with van der Waals surface area (Å²) >= 11 is 2.82. The molecule has 0 radical (unpaired) electrons. The number of fused-ring (bicyclic) bond motifs is 2. The monoisotopic (exact) mass is 668 g/mol. The van der Waals surface area contributed by atoms with Gasteiger partial charge in [-0.25, -0.2) is 19.2 Å². The van der Waals surface area contributed by atoms with Crippen molar-refractivity contribution < 1.29 is 38.1 Å². The highest BCUT2D eigenvalue weighted by atomic mass is 32.2. The number of ether oxygens (including phenoxy) is 4. The van der Waals surface area contributed by atoms with Gasteiger partial charge in [-0.2, -0.15) is 0 Å². The molecule has 0 fully saturated rings. The lowest BCUT2D eigenvalue weighted by molar-refractivity contribution is 0.0498. The van der Waals surface area contributed by atoms with Gasteiger partial charge >= 0.3 is 23.9 Å². The molecule has 0 aliphatic heterocycles. The van der Waals surface area contributed by atoms with Crippen molar-refractivity contribution in [1.29, 1.82) is 0 Å². The average Bonchev–Trinajstić information content (AvgIpc) is 3.50. The van der Waals surface area contributed by atoms with Gasteiger partial charge in [-0.3, -0.25) is 0 Å². The summed E-state index contributed by atoms with van der Waals surface area (Å²) in [5.41, 5.74) is 4.36. The van der Waals surface area contributed by atoms with Crippen LogP contribution in [0.25, 0.3) is 11.0 Å². The Balaban J connectivity index is 1.58. The molecule has 0 saturated heterocycles. The van der Waals surface area contributed by atoms with Crippen molar-refractivity contribution in [1.82, 2.24) is 8.80 Å². The van der Waals surface area contributed by atoms with Gasteiger partial charge in [0.15, 0.2) is 0 Å². The molecule has 4 heterocycles. The number of esters is 4. The summed E-state index contributed by atoms with van der Waals surface area (Å²) in [7, 11) is 0. The minimum Gasteiger partial charge on any atom is -0.462 e. The van der Waals surface area contributed by atoms with E-state index in [4.69, 9.17) is 18.9 Å². The molecule has 4 aromatic heterocycles. The van der Waals surface area contributed by atoms with Crippen LogP contribution in [-0.4, -0.2) is 70.6 Å². The molecule has 0 aromatic carbocycles. The van der Waals surface area contributed by atoms with Crippen molar-refractivity contribution in [3.05, 3.63) is 70.3 Å². The van der Waals surface area contributed by atoms with Crippen LogP contribution in [0.3, 0.4) is 0 Å². The van der Waals surface area contributed by atoms with E-state index in [0.29, 0.717) is 54.8 Å². The first-order valence-electron chi connectivity index (χ1n) is 15.4. The summed E-state index contributed by atoms with van der Waals surface area (Å²) < 4.78 is 24.9. The van der Waals surface area contributed by atoms with Crippen molar-refractivity contribution in [2.45, 2.75) is 64.2 Å². The van der Waals surface area contributed by atoms with Gasteiger partial charge in [0.25, 0.3) is 0 Å². The summed E-state index contributed by atoms with van der Waals surface area (Å²) in [6, 6.07) is 7.47. The largest absolute Gasteiger partial charge is 0.462 e. The number of hydrogen-bond acceptors (Lipinski definition) is 10. The Labute approximate surface area is 277 Å². The number of rotatable bonds is 15. The first-order valence-corrected chi connectivity index (χ1v) is 17.4. The SMILES string of the molecule is CCOC(=O)c1c(SCCCCSc2c(C(=O)OCC)c3cc(C)ccn3c2C(=O)OCC)c(C(=O)OCC)n2ccc(C)cc12. The minimum absolute atomic E-state index is 0.199. The molecule has 4 aromatic rings. The maximum absolute atomic E-state index is 13.2. The predicted octanol–water partition coefficient (Wildman–Crippen LogP) is 7.18. The maximum atomic E-state index is 13.2. The number of carbonyl (C=O) groups is 4. The number of unbranched alkanes of at least 4 members (excludes halogenated alkanes) is 1. The van der Waals surface area contributed by atoms with Crippen LogP contribution in [0, 0.1) is 13.8 Å². The molecule has 4 rings (SSSR count). The van der Waals surface area contributed by atoms with Crippen LogP contribution in [0.1, 0.15) is 93.4 Å². The predicted molar refractivity (Wildman–Crippen MR) is 179 cm³/mol. The van der Waals surface area contributed by atoms with E-state index in [0.717, 1.165) is 24.0 Å². The van der Waals surface area contributed by atoms with E-state index in [9.17, 15) is 19.2 Å². The van der Waals surface area contributed by atoms with E-state index in [-0.39, 0.29) is 26.4 Å². The van der Waals surface area contributed by atoms with Crippen LogP contribution >= 0.6 is 23.5 Å². The van der Waals surface area contributed by atoms with Crippen molar-refractivity contribution in [2.24, 2.45) is 0 Å². The minimum atomic E-state index is -0.510. The Hall–Kier alpha value is -3.90. The molecule has 0 bridgehead atoms. The summed E-state index contributed by atoms with van der Waals surface area (Å²) in [6.07, 6.45) is 4.99. The zero-order valence-electron chi connectivity index (χ0n) is 27.1. The molecular formula is C34H40N2O8S2. The highest BCUT2D eigenvalue weighted by Gasteiger charge is 2.31. The fourth-order valence-corrected chi connectivity index (χ4v) is 7.50. The van der Waals surface area contributed by atoms with Gasteiger partial charge in [-0.05, 0) is 101 Å². The lowest BCUT2D eigenvalue weighted by Gasteiger charge is -2.09. The molecule has 0 amide bonds. The van der Waals surface area contributed by atoms with Crippen LogP contribution in [0.2, 0.25) is 0 Å². The van der Waals surface area contributed by atoms with Crippen molar-refractivity contribution >= 4 is 58.4 Å². The van der Waals surface area contributed by atoms with Crippen LogP contribution in [0.4, 0.5) is 0 Å². The summed E-state index contributed by atoms with van der Waals surface area (Å²) in [4.78, 5) is 53.6. The van der Waals surface area contributed by atoms with E-state index < -0.39 is 23.9 Å². The van der Waals surface area contributed by atoms with Gasteiger partial charge in [0.05, 0.1) is 58.4 Å². The van der Waals surface area contributed by atoms with Crippen LogP contribution in [0.15, 0.2) is 46.5 Å². The molecule has 0 aliphatic rings. The summed E-state index contributed by atoms with van der Waals surface area (Å²) in [6.45, 7) is 11.6. The van der Waals surface area contributed by atoms with Crippen molar-refractivity contribution in [2.75, 3.05) is 37.9 Å². The Morgan fingerprint density at radius 1 is 0.587 bits per heavy atom. The van der Waals surface area contributed by atoms with Crippen molar-refractivity contribution in [3.63, 3.8) is 0 Å². The molecule has 0 unspecified atom stereocenters. The number of pyridine rings is 2. The Morgan fingerprint density at radius 2 is 0.935 bits per heavy atom. The molecular weight excluding hydrogens is 629 g/mol. The second-order valence-electron chi connectivity index (χ2n) is 10.3. The van der Waals surface area contributed by atoms with E-state index in [1.165, 1.54) is 23.5 Å². The second kappa shape index (κ2) is 16.1. The molecule has 0 spiro atoms. The lowest BCUT2D eigenvalue weighted by atomic mass is 10.2. The summed E-state index contributed by atoms with van der Waals surface area (Å²) in [5.74, 6) is -0.808. The normalized spacial score (nSPS) is 11.2. The fourth-order valence-electron chi connectivity index (χ4n) is 5.09. The number of carbonyl (C=O) groups excluding carboxylic acids is 4. The lowest BCUT2D eigenvalue weighted by Crippen LogP contribution is -2.10. The zero-order chi connectivity index (χ0) is 33.4. The molecule has 246 valence electrons. The van der Waals surface area contributed by atoms with Gasteiger partial charge in [0.2, 0.25) is 0 Å². The Bertz CT molecular complexity index is 1630. The number of thioether (sulfide) groups is 2. The molecule has 0 atom stereocenters. The van der Waals surface area contributed by atoms with Gasteiger partial charge in [-0.15, -0.1) is 23.5 Å². The topological polar surface area (TPSA) is 114 Å². The third kappa shape index (κ3) is 7.39. The average molecular weight is 669 g/mol. The van der Waals surface area contributed by atoms with Crippen LogP contribution < -0.4 is 0 Å². The van der Waals surface area contributed by atoms with Crippen LogP contribution in [0.5, 0.6) is 0 Å². The smallest absolute Gasteiger partial charge is 0.356 e. The van der Waals surface area contributed by atoms with Crippen molar-refractivity contribution in [3.8, 4) is 0 Å². The van der Waals surface area contributed by atoms with Gasteiger partial charge in [-0.1, -0.05) is 0 Å². The number of aromatic nitrogens is 2.